The molecule has 3 aromatic heterocycles. The summed E-state index contributed by atoms with van der Waals surface area (Å²) in [4.78, 5) is 21.9. The van der Waals surface area contributed by atoms with Crippen LogP contribution in [0.15, 0.2) is 36.0 Å². The second kappa shape index (κ2) is 6.13. The van der Waals surface area contributed by atoms with E-state index in [1.807, 2.05) is 30.6 Å². The number of aromatic nitrogens is 4. The van der Waals surface area contributed by atoms with E-state index in [2.05, 4.69) is 28.4 Å². The van der Waals surface area contributed by atoms with Crippen molar-refractivity contribution in [1.82, 2.24) is 24.9 Å². The molecule has 5 rings (SSSR count). The molecule has 1 atom stereocenters. The maximum atomic E-state index is 12.7. The number of carbonyl (C=O) groups excluding carboxylic acids is 1. The van der Waals surface area contributed by atoms with Crippen LogP contribution in [0.1, 0.15) is 35.8 Å². The van der Waals surface area contributed by atoms with Gasteiger partial charge in [-0.05, 0) is 50.8 Å². The number of carbonyl (C=O) groups is 1. The normalized spacial score (nSPS) is 15.3. The minimum atomic E-state index is -0.108. The van der Waals surface area contributed by atoms with E-state index in [4.69, 9.17) is 4.98 Å². The zero-order chi connectivity index (χ0) is 18.5. The molecule has 136 valence electrons. The van der Waals surface area contributed by atoms with Gasteiger partial charge in [-0.3, -0.25) is 4.79 Å². The van der Waals surface area contributed by atoms with E-state index in [9.17, 15) is 4.79 Å². The standard InChI is InChI=1S/C20H19N5OS/c1-11-7-16(14-5-6-18-17(8-14)21-10-27-18)24-19-15(9-22-25(11)19)20(26)23-12(2)13-3-4-13/h5-10,12-13H,3-4H2,1-2H3,(H,23,26)/t12-/m1/s1. The van der Waals surface area contributed by atoms with Gasteiger partial charge in [-0.25, -0.2) is 14.5 Å². The second-order valence-corrected chi connectivity index (χ2v) is 8.10. The molecule has 0 spiro atoms. The molecule has 0 radical (unpaired) electrons. The van der Waals surface area contributed by atoms with E-state index in [-0.39, 0.29) is 11.9 Å². The van der Waals surface area contributed by atoms with E-state index in [0.29, 0.717) is 17.1 Å². The quantitative estimate of drug-likeness (QED) is 0.586. The lowest BCUT2D eigenvalue weighted by Gasteiger charge is -2.12. The maximum Gasteiger partial charge on any atom is 0.256 e. The zero-order valence-corrected chi connectivity index (χ0v) is 16.0. The Morgan fingerprint density at radius 1 is 1.33 bits per heavy atom. The van der Waals surface area contributed by atoms with Gasteiger partial charge >= 0.3 is 0 Å². The van der Waals surface area contributed by atoms with Crippen LogP contribution in [0.4, 0.5) is 0 Å². The summed E-state index contributed by atoms with van der Waals surface area (Å²) in [6.07, 6.45) is 3.99. The molecule has 0 unspecified atom stereocenters. The third-order valence-corrected chi connectivity index (χ3v) is 6.02. The van der Waals surface area contributed by atoms with Crippen molar-refractivity contribution in [3.8, 4) is 11.3 Å². The summed E-state index contributed by atoms with van der Waals surface area (Å²) in [5.41, 5.74) is 6.64. The summed E-state index contributed by atoms with van der Waals surface area (Å²) in [5.74, 6) is 0.495. The predicted molar refractivity (Wildman–Crippen MR) is 106 cm³/mol. The minimum Gasteiger partial charge on any atom is -0.349 e. The van der Waals surface area contributed by atoms with Gasteiger partial charge in [-0.2, -0.15) is 5.10 Å². The van der Waals surface area contributed by atoms with Gasteiger partial charge in [0.2, 0.25) is 0 Å². The molecule has 1 aliphatic rings. The van der Waals surface area contributed by atoms with Crippen molar-refractivity contribution in [2.45, 2.75) is 32.7 Å². The number of nitrogens with one attached hydrogen (secondary N) is 1. The van der Waals surface area contributed by atoms with E-state index >= 15 is 0 Å². The molecular weight excluding hydrogens is 358 g/mol. The van der Waals surface area contributed by atoms with Gasteiger partial charge in [0.1, 0.15) is 5.56 Å². The number of hydrogen-bond donors (Lipinski definition) is 1. The Morgan fingerprint density at radius 3 is 3.00 bits per heavy atom. The summed E-state index contributed by atoms with van der Waals surface area (Å²) >= 11 is 1.62. The number of aryl methyl sites for hydroxylation is 1. The summed E-state index contributed by atoms with van der Waals surface area (Å²) < 4.78 is 2.87. The van der Waals surface area contributed by atoms with Crippen LogP contribution in [0.5, 0.6) is 0 Å². The molecule has 1 amide bonds. The number of hydrogen-bond acceptors (Lipinski definition) is 5. The highest BCUT2D eigenvalue weighted by atomic mass is 32.1. The van der Waals surface area contributed by atoms with Gasteiger partial charge < -0.3 is 5.32 Å². The summed E-state index contributed by atoms with van der Waals surface area (Å²) in [7, 11) is 0. The first-order chi connectivity index (χ1) is 13.1. The van der Waals surface area contributed by atoms with Crippen molar-refractivity contribution >= 4 is 33.1 Å². The Hall–Kier alpha value is -2.80. The van der Waals surface area contributed by atoms with Crippen LogP contribution >= 0.6 is 11.3 Å². The van der Waals surface area contributed by atoms with Crippen molar-refractivity contribution < 1.29 is 4.79 Å². The van der Waals surface area contributed by atoms with Crippen LogP contribution in [-0.4, -0.2) is 31.5 Å². The summed E-state index contributed by atoms with van der Waals surface area (Å²) in [6.45, 7) is 4.04. The number of benzene rings is 1. The topological polar surface area (TPSA) is 72.2 Å². The molecule has 6 nitrogen and oxygen atoms in total. The van der Waals surface area contributed by atoms with E-state index in [1.165, 1.54) is 12.8 Å². The monoisotopic (exact) mass is 377 g/mol. The van der Waals surface area contributed by atoms with Crippen LogP contribution in [-0.2, 0) is 0 Å². The average molecular weight is 377 g/mol. The van der Waals surface area contributed by atoms with Crippen molar-refractivity contribution in [3.63, 3.8) is 0 Å². The lowest BCUT2D eigenvalue weighted by Crippen LogP contribution is -2.34. The Bertz CT molecular complexity index is 1170. The Labute approximate surface area is 160 Å². The first kappa shape index (κ1) is 16.4. The van der Waals surface area contributed by atoms with Gasteiger partial charge in [-0.1, -0.05) is 6.07 Å². The maximum absolute atomic E-state index is 12.7. The number of thiazole rings is 1. The molecule has 1 saturated carbocycles. The molecular formula is C20H19N5OS. The fourth-order valence-electron chi connectivity index (χ4n) is 3.44. The van der Waals surface area contributed by atoms with Crippen LogP contribution in [0.3, 0.4) is 0 Å². The van der Waals surface area contributed by atoms with E-state index in [0.717, 1.165) is 27.2 Å². The van der Waals surface area contributed by atoms with Gasteiger partial charge in [0.15, 0.2) is 5.65 Å². The smallest absolute Gasteiger partial charge is 0.256 e. The molecule has 27 heavy (non-hydrogen) atoms. The first-order valence-corrected chi connectivity index (χ1v) is 9.98. The molecule has 3 heterocycles. The lowest BCUT2D eigenvalue weighted by atomic mass is 10.1. The molecule has 1 fully saturated rings. The van der Waals surface area contributed by atoms with Crippen LogP contribution < -0.4 is 5.32 Å². The fraction of sp³-hybridized carbons (Fsp3) is 0.300. The van der Waals surface area contributed by atoms with Gasteiger partial charge in [-0.15, -0.1) is 11.3 Å². The zero-order valence-electron chi connectivity index (χ0n) is 15.1. The van der Waals surface area contributed by atoms with Crippen LogP contribution in [0.25, 0.3) is 27.1 Å². The van der Waals surface area contributed by atoms with Crippen molar-refractivity contribution in [1.29, 1.82) is 0 Å². The number of amides is 1. The average Bonchev–Trinajstić information content (AvgIpc) is 3.25. The Morgan fingerprint density at radius 2 is 2.19 bits per heavy atom. The van der Waals surface area contributed by atoms with E-state index < -0.39 is 0 Å². The van der Waals surface area contributed by atoms with E-state index in [1.54, 1.807) is 22.0 Å². The molecule has 4 aromatic rings. The fourth-order valence-corrected chi connectivity index (χ4v) is 4.10. The third kappa shape index (κ3) is 2.88. The Kier molecular flexibility index (Phi) is 3.72. The molecule has 1 aliphatic carbocycles. The minimum absolute atomic E-state index is 0.108. The number of fused-ring (bicyclic) bond motifs is 2. The molecule has 1 aromatic carbocycles. The van der Waals surface area contributed by atoms with Crippen LogP contribution in [0, 0.1) is 12.8 Å². The Balaban J connectivity index is 1.57. The summed E-state index contributed by atoms with van der Waals surface area (Å²) in [6, 6.07) is 8.32. The lowest BCUT2D eigenvalue weighted by molar-refractivity contribution is 0.0937. The van der Waals surface area contributed by atoms with Crippen molar-refractivity contribution in [2.75, 3.05) is 0 Å². The number of rotatable bonds is 4. The first-order valence-electron chi connectivity index (χ1n) is 9.10. The predicted octanol–water partition coefficient (Wildman–Crippen LogP) is 3.84. The summed E-state index contributed by atoms with van der Waals surface area (Å²) in [5, 5.41) is 7.46. The third-order valence-electron chi connectivity index (χ3n) is 5.21. The number of nitrogens with zero attached hydrogens (tertiary/aromatic N) is 4. The van der Waals surface area contributed by atoms with Crippen molar-refractivity contribution in [3.05, 3.63) is 47.2 Å². The van der Waals surface area contributed by atoms with Gasteiger partial charge in [0.25, 0.3) is 5.91 Å². The van der Waals surface area contributed by atoms with Gasteiger partial charge in [0, 0.05) is 17.3 Å². The second-order valence-electron chi connectivity index (χ2n) is 7.21. The molecule has 1 N–H and O–H groups in total. The van der Waals surface area contributed by atoms with Crippen molar-refractivity contribution in [2.24, 2.45) is 5.92 Å². The highest BCUT2D eigenvalue weighted by Crippen LogP contribution is 2.32. The molecule has 0 saturated heterocycles. The largest absolute Gasteiger partial charge is 0.349 e. The highest BCUT2D eigenvalue weighted by Gasteiger charge is 2.30. The van der Waals surface area contributed by atoms with Crippen LogP contribution in [0.2, 0.25) is 0 Å². The molecule has 0 bridgehead atoms. The molecule has 7 heteroatoms. The SMILES string of the molecule is Cc1cc(-c2ccc3scnc3c2)nc2c(C(=O)N[C@H](C)C3CC3)cnn12. The highest BCUT2D eigenvalue weighted by molar-refractivity contribution is 7.16. The molecule has 0 aliphatic heterocycles. The van der Waals surface area contributed by atoms with Gasteiger partial charge in [0.05, 0.1) is 27.6 Å².